The van der Waals surface area contributed by atoms with Gasteiger partial charge in [0.2, 0.25) is 0 Å². The van der Waals surface area contributed by atoms with Gasteiger partial charge in [0.05, 0.1) is 0 Å². The monoisotopic (exact) mass is 300 g/mol. The molecular formula is C17H13FO2S. The van der Waals surface area contributed by atoms with Gasteiger partial charge in [0.1, 0.15) is 10.7 Å². The lowest BCUT2D eigenvalue weighted by Gasteiger charge is -2.04. The second kappa shape index (κ2) is 5.66. The van der Waals surface area contributed by atoms with Crippen molar-refractivity contribution >= 4 is 27.4 Å². The zero-order valence-electron chi connectivity index (χ0n) is 11.2. The van der Waals surface area contributed by atoms with E-state index in [0.717, 1.165) is 34.1 Å². The normalized spacial score (nSPS) is 10.9. The highest BCUT2D eigenvalue weighted by Crippen LogP contribution is 2.29. The number of carboxylic acid groups (broad SMARTS) is 1. The Morgan fingerprint density at radius 1 is 1.10 bits per heavy atom. The van der Waals surface area contributed by atoms with E-state index in [4.69, 9.17) is 5.11 Å². The number of fused-ring (bicyclic) bond motifs is 1. The molecular weight excluding hydrogens is 287 g/mol. The second-order valence-electron chi connectivity index (χ2n) is 4.87. The van der Waals surface area contributed by atoms with Crippen LogP contribution in [0.25, 0.3) is 10.1 Å². The van der Waals surface area contributed by atoms with Crippen LogP contribution >= 0.6 is 11.3 Å². The first-order chi connectivity index (χ1) is 10.1. The number of benzene rings is 2. The van der Waals surface area contributed by atoms with E-state index in [1.807, 2.05) is 18.2 Å². The summed E-state index contributed by atoms with van der Waals surface area (Å²) in [7, 11) is 0. The summed E-state index contributed by atoms with van der Waals surface area (Å²) in [5, 5.41) is 10.1. The van der Waals surface area contributed by atoms with Gasteiger partial charge < -0.3 is 5.11 Å². The molecule has 0 unspecified atom stereocenters. The molecule has 0 spiro atoms. The van der Waals surface area contributed by atoms with Crippen LogP contribution in [0.4, 0.5) is 4.39 Å². The Balaban J connectivity index is 1.86. The number of carbonyl (C=O) groups is 1. The standard InChI is InChI=1S/C17H13FO2S/c18-13-8-5-11(6-9-13)4-7-12-2-1-3-15-14(12)10-16(21-15)17(19)20/h1-3,5-6,8-10H,4,7H2,(H,19,20). The molecule has 3 aromatic rings. The highest BCUT2D eigenvalue weighted by atomic mass is 32.1. The number of hydrogen-bond donors (Lipinski definition) is 1. The predicted octanol–water partition coefficient (Wildman–Crippen LogP) is 4.52. The molecule has 0 saturated heterocycles. The highest BCUT2D eigenvalue weighted by Gasteiger charge is 2.10. The number of halogens is 1. The van der Waals surface area contributed by atoms with Crippen LogP contribution in [0, 0.1) is 5.82 Å². The minimum Gasteiger partial charge on any atom is -0.477 e. The molecule has 0 amide bonds. The molecule has 2 aromatic carbocycles. The first-order valence-electron chi connectivity index (χ1n) is 6.62. The minimum absolute atomic E-state index is 0.232. The van der Waals surface area contributed by atoms with Gasteiger partial charge in [-0.15, -0.1) is 11.3 Å². The molecule has 0 aliphatic rings. The van der Waals surface area contributed by atoms with Crippen LogP contribution < -0.4 is 0 Å². The van der Waals surface area contributed by atoms with Crippen molar-refractivity contribution in [2.45, 2.75) is 12.8 Å². The number of aryl methyl sites for hydroxylation is 2. The topological polar surface area (TPSA) is 37.3 Å². The number of hydrogen-bond acceptors (Lipinski definition) is 2. The van der Waals surface area contributed by atoms with Crippen LogP contribution in [0.15, 0.2) is 48.5 Å². The maximum Gasteiger partial charge on any atom is 0.345 e. The molecule has 2 nitrogen and oxygen atoms in total. The molecule has 1 heterocycles. The summed E-state index contributed by atoms with van der Waals surface area (Å²) in [6, 6.07) is 14.1. The van der Waals surface area contributed by atoms with Crippen LogP contribution in [0.3, 0.4) is 0 Å². The largest absolute Gasteiger partial charge is 0.477 e. The average molecular weight is 300 g/mol. The van der Waals surface area contributed by atoms with Crippen LogP contribution in [0.1, 0.15) is 20.8 Å². The fraction of sp³-hybridized carbons (Fsp3) is 0.118. The molecule has 106 valence electrons. The Morgan fingerprint density at radius 3 is 2.57 bits per heavy atom. The number of carboxylic acids is 1. The molecule has 0 atom stereocenters. The van der Waals surface area contributed by atoms with Crippen molar-refractivity contribution in [3.05, 3.63) is 70.4 Å². The van der Waals surface area contributed by atoms with Gasteiger partial charge in [0.15, 0.2) is 0 Å². The lowest BCUT2D eigenvalue weighted by atomic mass is 10.0. The van der Waals surface area contributed by atoms with E-state index in [9.17, 15) is 9.18 Å². The van der Waals surface area contributed by atoms with Gasteiger partial charge in [-0.1, -0.05) is 24.3 Å². The zero-order chi connectivity index (χ0) is 14.8. The summed E-state index contributed by atoms with van der Waals surface area (Å²) in [4.78, 5) is 11.4. The molecule has 1 aromatic heterocycles. The lowest BCUT2D eigenvalue weighted by Crippen LogP contribution is -1.92. The molecule has 0 aliphatic carbocycles. The quantitative estimate of drug-likeness (QED) is 0.769. The van der Waals surface area contributed by atoms with Crippen molar-refractivity contribution in [1.29, 1.82) is 0 Å². The molecule has 4 heteroatoms. The molecule has 0 saturated carbocycles. The second-order valence-corrected chi connectivity index (χ2v) is 5.95. The first kappa shape index (κ1) is 13.8. The van der Waals surface area contributed by atoms with Crippen molar-refractivity contribution in [2.75, 3.05) is 0 Å². The van der Waals surface area contributed by atoms with Gasteiger partial charge in [0.25, 0.3) is 0 Å². The third kappa shape index (κ3) is 2.95. The summed E-state index contributed by atoms with van der Waals surface area (Å²) in [5.74, 6) is -1.12. The summed E-state index contributed by atoms with van der Waals surface area (Å²) in [6.07, 6.45) is 1.61. The van der Waals surface area contributed by atoms with Crippen molar-refractivity contribution < 1.29 is 14.3 Å². The third-order valence-corrected chi connectivity index (χ3v) is 4.55. The Morgan fingerprint density at radius 2 is 1.86 bits per heavy atom. The first-order valence-corrected chi connectivity index (χ1v) is 7.44. The Bertz CT molecular complexity index is 790. The Labute approximate surface area is 125 Å². The predicted molar refractivity (Wildman–Crippen MR) is 82.6 cm³/mol. The van der Waals surface area contributed by atoms with E-state index in [0.29, 0.717) is 4.88 Å². The fourth-order valence-corrected chi connectivity index (χ4v) is 3.32. The molecule has 0 aliphatic heterocycles. The summed E-state index contributed by atoms with van der Waals surface area (Å²) in [5.41, 5.74) is 2.20. The van der Waals surface area contributed by atoms with E-state index >= 15 is 0 Å². The van der Waals surface area contributed by atoms with Gasteiger partial charge >= 0.3 is 5.97 Å². The Kier molecular flexibility index (Phi) is 3.71. The Hall–Kier alpha value is -2.20. The van der Waals surface area contributed by atoms with Gasteiger partial charge in [-0.05, 0) is 53.6 Å². The zero-order valence-corrected chi connectivity index (χ0v) is 12.0. The van der Waals surface area contributed by atoms with E-state index in [2.05, 4.69) is 0 Å². The number of thiophene rings is 1. The molecule has 3 rings (SSSR count). The lowest BCUT2D eigenvalue weighted by molar-refractivity contribution is 0.0702. The van der Waals surface area contributed by atoms with Crippen LogP contribution in [0.5, 0.6) is 0 Å². The molecule has 1 N–H and O–H groups in total. The van der Waals surface area contributed by atoms with Crippen LogP contribution in [0.2, 0.25) is 0 Å². The smallest absolute Gasteiger partial charge is 0.345 e. The maximum atomic E-state index is 12.9. The van der Waals surface area contributed by atoms with Gasteiger partial charge in [-0.2, -0.15) is 0 Å². The molecule has 0 radical (unpaired) electrons. The third-order valence-electron chi connectivity index (χ3n) is 3.46. The van der Waals surface area contributed by atoms with E-state index in [-0.39, 0.29) is 5.82 Å². The van der Waals surface area contributed by atoms with Gasteiger partial charge in [-0.3, -0.25) is 0 Å². The number of aromatic carboxylic acids is 1. The molecule has 0 fully saturated rings. The molecule has 0 bridgehead atoms. The summed E-state index contributed by atoms with van der Waals surface area (Å²) in [6.45, 7) is 0. The van der Waals surface area contributed by atoms with Gasteiger partial charge in [0, 0.05) is 4.70 Å². The summed E-state index contributed by atoms with van der Waals surface area (Å²) < 4.78 is 13.9. The SMILES string of the molecule is O=C(O)c1cc2c(CCc3ccc(F)cc3)cccc2s1. The van der Waals surface area contributed by atoms with E-state index in [1.54, 1.807) is 18.2 Å². The van der Waals surface area contributed by atoms with Gasteiger partial charge in [-0.25, -0.2) is 9.18 Å². The van der Waals surface area contributed by atoms with E-state index < -0.39 is 5.97 Å². The van der Waals surface area contributed by atoms with Crippen molar-refractivity contribution in [1.82, 2.24) is 0 Å². The van der Waals surface area contributed by atoms with Crippen LogP contribution in [-0.2, 0) is 12.8 Å². The van der Waals surface area contributed by atoms with Crippen molar-refractivity contribution in [2.24, 2.45) is 0 Å². The summed E-state index contributed by atoms with van der Waals surface area (Å²) >= 11 is 1.29. The molecule has 21 heavy (non-hydrogen) atoms. The fourth-order valence-electron chi connectivity index (χ4n) is 2.37. The average Bonchev–Trinajstić information content (AvgIpc) is 2.91. The number of rotatable bonds is 4. The van der Waals surface area contributed by atoms with Crippen LogP contribution in [-0.4, -0.2) is 11.1 Å². The maximum absolute atomic E-state index is 12.9. The van der Waals surface area contributed by atoms with Crippen molar-refractivity contribution in [3.63, 3.8) is 0 Å². The minimum atomic E-state index is -0.888. The van der Waals surface area contributed by atoms with E-state index in [1.165, 1.54) is 23.5 Å². The van der Waals surface area contributed by atoms with Crippen molar-refractivity contribution in [3.8, 4) is 0 Å². The highest BCUT2D eigenvalue weighted by molar-refractivity contribution is 7.20.